The molecule has 0 saturated carbocycles. The Labute approximate surface area is 132 Å². The van der Waals surface area contributed by atoms with Gasteiger partial charge in [-0.15, -0.1) is 11.3 Å². The van der Waals surface area contributed by atoms with Gasteiger partial charge in [0, 0.05) is 5.38 Å². The topological polar surface area (TPSA) is 56.8 Å². The number of benzene rings is 1. The maximum absolute atomic E-state index is 11.7. The van der Waals surface area contributed by atoms with Crippen molar-refractivity contribution >= 4 is 23.0 Å². The van der Waals surface area contributed by atoms with Crippen LogP contribution in [0.15, 0.2) is 35.7 Å². The molecular weight excluding hydrogens is 302 g/mol. The van der Waals surface area contributed by atoms with Gasteiger partial charge in [0.15, 0.2) is 5.75 Å². The Hall–Kier alpha value is -2.05. The van der Waals surface area contributed by atoms with E-state index in [-0.39, 0.29) is 12.0 Å². The molecule has 0 aliphatic carbocycles. The van der Waals surface area contributed by atoms with E-state index in [0.717, 1.165) is 5.56 Å². The van der Waals surface area contributed by atoms with Crippen molar-refractivity contribution in [3.63, 3.8) is 0 Å². The quantitative estimate of drug-likeness (QED) is 0.859. The molecule has 2 heterocycles. The predicted octanol–water partition coefficient (Wildman–Crippen LogP) is 2.92. The lowest BCUT2D eigenvalue weighted by atomic mass is 10.2. The van der Waals surface area contributed by atoms with Crippen LogP contribution in [0.3, 0.4) is 0 Å². The summed E-state index contributed by atoms with van der Waals surface area (Å²) in [5.74, 6) is 0.345. The fourth-order valence-electron chi connectivity index (χ4n) is 2.25. The van der Waals surface area contributed by atoms with Gasteiger partial charge in [0.05, 0.1) is 26.4 Å². The van der Waals surface area contributed by atoms with E-state index in [2.05, 4.69) is 5.32 Å². The molecule has 0 fully saturated rings. The Kier molecular flexibility index (Phi) is 4.60. The van der Waals surface area contributed by atoms with Crippen LogP contribution in [0.25, 0.3) is 0 Å². The van der Waals surface area contributed by atoms with Crippen molar-refractivity contribution in [1.82, 2.24) is 0 Å². The van der Waals surface area contributed by atoms with Gasteiger partial charge < -0.3 is 19.5 Å². The first-order valence-corrected chi connectivity index (χ1v) is 7.86. The number of methoxy groups -OCH3 is 1. The van der Waals surface area contributed by atoms with Gasteiger partial charge in [0.1, 0.15) is 17.2 Å². The molecule has 1 aromatic carbocycles. The van der Waals surface area contributed by atoms with Crippen molar-refractivity contribution in [1.29, 1.82) is 0 Å². The third kappa shape index (κ3) is 3.23. The fraction of sp³-hybridized carbons (Fsp3) is 0.312. The highest BCUT2D eigenvalue weighted by atomic mass is 32.1. The average Bonchev–Trinajstić information content (AvgIpc) is 2.98. The SMILES string of the molecule is COC(=O)c1scc2c1N[C@@H](COCc1ccccc1)CO2. The first-order chi connectivity index (χ1) is 10.8. The molecule has 1 aliphatic rings. The molecule has 2 aromatic rings. The largest absolute Gasteiger partial charge is 0.488 e. The molecule has 22 heavy (non-hydrogen) atoms. The van der Waals surface area contributed by atoms with E-state index in [1.807, 2.05) is 35.7 Å². The number of hydrogen-bond acceptors (Lipinski definition) is 6. The molecule has 5 nitrogen and oxygen atoms in total. The molecule has 0 spiro atoms. The Morgan fingerprint density at radius 1 is 1.41 bits per heavy atom. The first kappa shape index (κ1) is 14.9. The summed E-state index contributed by atoms with van der Waals surface area (Å²) in [6.45, 7) is 1.57. The molecular formula is C16H17NO4S. The number of anilines is 1. The van der Waals surface area contributed by atoms with Crippen molar-refractivity contribution in [3.8, 4) is 5.75 Å². The molecule has 0 unspecified atom stereocenters. The predicted molar refractivity (Wildman–Crippen MR) is 84.7 cm³/mol. The van der Waals surface area contributed by atoms with E-state index < -0.39 is 0 Å². The van der Waals surface area contributed by atoms with E-state index >= 15 is 0 Å². The molecule has 1 N–H and O–H groups in total. The minimum atomic E-state index is -0.354. The zero-order chi connectivity index (χ0) is 15.4. The van der Waals surface area contributed by atoms with Crippen LogP contribution in [-0.4, -0.2) is 32.3 Å². The summed E-state index contributed by atoms with van der Waals surface area (Å²) in [5, 5.41) is 5.12. The van der Waals surface area contributed by atoms with Gasteiger partial charge in [0.2, 0.25) is 0 Å². The maximum Gasteiger partial charge on any atom is 0.350 e. The summed E-state index contributed by atoms with van der Waals surface area (Å²) in [6.07, 6.45) is 0. The monoisotopic (exact) mass is 319 g/mol. The van der Waals surface area contributed by atoms with Crippen molar-refractivity contribution < 1.29 is 19.0 Å². The molecule has 1 aliphatic heterocycles. The number of ether oxygens (including phenoxy) is 3. The van der Waals surface area contributed by atoms with Gasteiger partial charge in [-0.05, 0) is 5.56 Å². The van der Waals surface area contributed by atoms with Gasteiger partial charge in [-0.3, -0.25) is 0 Å². The normalized spacial score (nSPS) is 16.3. The summed E-state index contributed by atoms with van der Waals surface area (Å²) >= 11 is 1.32. The Bertz CT molecular complexity index is 641. The summed E-state index contributed by atoms with van der Waals surface area (Å²) in [4.78, 5) is 12.2. The number of carbonyl (C=O) groups excluding carboxylic acids is 1. The van der Waals surface area contributed by atoms with E-state index in [9.17, 15) is 4.79 Å². The van der Waals surface area contributed by atoms with E-state index in [4.69, 9.17) is 14.2 Å². The first-order valence-electron chi connectivity index (χ1n) is 6.98. The summed E-state index contributed by atoms with van der Waals surface area (Å²) in [5.41, 5.74) is 1.84. The highest BCUT2D eigenvalue weighted by Gasteiger charge is 2.26. The lowest BCUT2D eigenvalue weighted by Gasteiger charge is -2.26. The van der Waals surface area contributed by atoms with Crippen LogP contribution in [0.4, 0.5) is 5.69 Å². The molecule has 0 radical (unpaired) electrons. The van der Waals surface area contributed by atoms with Gasteiger partial charge in [-0.25, -0.2) is 4.79 Å². The third-order valence-electron chi connectivity index (χ3n) is 3.35. The molecule has 0 bridgehead atoms. The Morgan fingerprint density at radius 2 is 2.23 bits per heavy atom. The Balaban J connectivity index is 1.57. The number of hydrogen-bond donors (Lipinski definition) is 1. The molecule has 1 atom stereocenters. The smallest absolute Gasteiger partial charge is 0.350 e. The average molecular weight is 319 g/mol. The number of rotatable bonds is 5. The van der Waals surface area contributed by atoms with Gasteiger partial charge >= 0.3 is 5.97 Å². The number of nitrogens with one attached hydrogen (secondary N) is 1. The molecule has 3 rings (SSSR count). The fourth-order valence-corrected chi connectivity index (χ4v) is 3.11. The highest BCUT2D eigenvalue weighted by Crippen LogP contribution is 2.38. The second-order valence-corrected chi connectivity index (χ2v) is 5.83. The van der Waals surface area contributed by atoms with Gasteiger partial charge in [-0.2, -0.15) is 0 Å². The molecule has 0 saturated heterocycles. The van der Waals surface area contributed by atoms with Crippen LogP contribution < -0.4 is 10.1 Å². The zero-order valence-electron chi connectivity index (χ0n) is 12.2. The van der Waals surface area contributed by atoms with Crippen LogP contribution in [0, 0.1) is 0 Å². The summed E-state index contributed by atoms with van der Waals surface area (Å²) in [7, 11) is 1.37. The number of thiophene rings is 1. The standard InChI is InChI=1S/C16H17NO4S/c1-19-16(18)15-14-13(10-22-15)21-9-12(17-14)8-20-7-11-5-3-2-4-6-11/h2-6,10,12,17H,7-9H2,1H3/t12-/m0/s1. The molecule has 0 amide bonds. The minimum Gasteiger partial charge on any atom is -0.488 e. The second kappa shape index (κ2) is 6.81. The van der Waals surface area contributed by atoms with Crippen LogP contribution >= 0.6 is 11.3 Å². The number of esters is 1. The van der Waals surface area contributed by atoms with Crippen molar-refractivity contribution in [2.24, 2.45) is 0 Å². The van der Waals surface area contributed by atoms with Crippen LogP contribution in [0.1, 0.15) is 15.2 Å². The van der Waals surface area contributed by atoms with Crippen molar-refractivity contribution in [2.75, 3.05) is 25.6 Å². The number of carbonyl (C=O) groups is 1. The van der Waals surface area contributed by atoms with Crippen molar-refractivity contribution in [3.05, 3.63) is 46.2 Å². The van der Waals surface area contributed by atoms with Crippen LogP contribution in [0.2, 0.25) is 0 Å². The minimum absolute atomic E-state index is 0.00854. The lowest BCUT2D eigenvalue weighted by molar-refractivity contribution is 0.0605. The second-order valence-electron chi connectivity index (χ2n) is 4.95. The van der Waals surface area contributed by atoms with Crippen LogP contribution in [-0.2, 0) is 16.1 Å². The molecule has 116 valence electrons. The lowest BCUT2D eigenvalue weighted by Crippen LogP contribution is -2.35. The van der Waals surface area contributed by atoms with Crippen molar-refractivity contribution in [2.45, 2.75) is 12.6 Å². The maximum atomic E-state index is 11.7. The summed E-state index contributed by atoms with van der Waals surface area (Å²) < 4.78 is 16.2. The Morgan fingerprint density at radius 3 is 3.00 bits per heavy atom. The van der Waals surface area contributed by atoms with Crippen LogP contribution in [0.5, 0.6) is 5.75 Å². The van der Waals surface area contributed by atoms with E-state index in [1.54, 1.807) is 0 Å². The van der Waals surface area contributed by atoms with E-state index in [0.29, 0.717) is 36.1 Å². The summed E-state index contributed by atoms with van der Waals surface area (Å²) in [6, 6.07) is 10.0. The third-order valence-corrected chi connectivity index (χ3v) is 4.29. The van der Waals surface area contributed by atoms with Gasteiger partial charge in [0.25, 0.3) is 0 Å². The van der Waals surface area contributed by atoms with E-state index in [1.165, 1.54) is 18.4 Å². The molecule has 6 heteroatoms. The number of fused-ring (bicyclic) bond motifs is 1. The highest BCUT2D eigenvalue weighted by molar-refractivity contribution is 7.13. The zero-order valence-corrected chi connectivity index (χ0v) is 13.0. The van der Waals surface area contributed by atoms with Gasteiger partial charge in [-0.1, -0.05) is 30.3 Å². The molecule has 1 aromatic heterocycles.